The van der Waals surface area contributed by atoms with E-state index in [-0.39, 0.29) is 18.0 Å². The van der Waals surface area contributed by atoms with E-state index in [2.05, 4.69) is 20.8 Å². The number of rotatable bonds is 4. The van der Waals surface area contributed by atoms with E-state index in [4.69, 9.17) is 0 Å². The standard InChI is InChI=1S/C9H17N5O/c1-6(8-13-11-5-14(8)4)12-9(15)7(2)10-3/h5-7,10H,1-4H3,(H,12,15). The Labute approximate surface area is 89.1 Å². The molecule has 0 radical (unpaired) electrons. The number of likely N-dealkylation sites (N-methyl/N-ethyl adjacent to an activating group) is 1. The van der Waals surface area contributed by atoms with Gasteiger partial charge in [-0.25, -0.2) is 0 Å². The SMILES string of the molecule is CNC(C)C(=O)NC(C)c1nncn1C. The predicted molar refractivity (Wildman–Crippen MR) is 56.1 cm³/mol. The second kappa shape index (κ2) is 4.88. The Morgan fingerprint density at radius 1 is 1.53 bits per heavy atom. The van der Waals surface area contributed by atoms with Crippen LogP contribution in [-0.4, -0.2) is 33.8 Å². The molecule has 15 heavy (non-hydrogen) atoms. The highest BCUT2D eigenvalue weighted by molar-refractivity contribution is 5.81. The molecule has 0 fully saturated rings. The lowest BCUT2D eigenvalue weighted by Crippen LogP contribution is -2.41. The van der Waals surface area contributed by atoms with E-state index in [1.807, 2.05) is 14.0 Å². The summed E-state index contributed by atoms with van der Waals surface area (Å²) < 4.78 is 1.79. The highest BCUT2D eigenvalue weighted by Gasteiger charge is 2.17. The molecule has 0 aromatic carbocycles. The normalized spacial score (nSPS) is 14.7. The summed E-state index contributed by atoms with van der Waals surface area (Å²) in [7, 11) is 3.59. The van der Waals surface area contributed by atoms with Crippen LogP contribution in [0.2, 0.25) is 0 Å². The van der Waals surface area contributed by atoms with E-state index in [0.29, 0.717) is 0 Å². The molecular weight excluding hydrogens is 194 g/mol. The summed E-state index contributed by atoms with van der Waals surface area (Å²) in [5.74, 6) is 0.694. The average Bonchev–Trinajstić information content (AvgIpc) is 2.63. The van der Waals surface area contributed by atoms with Crippen LogP contribution < -0.4 is 10.6 Å². The van der Waals surface area contributed by atoms with Crippen molar-refractivity contribution in [1.82, 2.24) is 25.4 Å². The molecule has 2 atom stereocenters. The Bertz CT molecular complexity index is 335. The van der Waals surface area contributed by atoms with Crippen LogP contribution >= 0.6 is 0 Å². The molecule has 1 heterocycles. The van der Waals surface area contributed by atoms with Crippen LogP contribution in [0.5, 0.6) is 0 Å². The highest BCUT2D eigenvalue weighted by Crippen LogP contribution is 2.06. The van der Waals surface area contributed by atoms with Crippen LogP contribution in [0.15, 0.2) is 6.33 Å². The summed E-state index contributed by atoms with van der Waals surface area (Å²) in [6, 6.07) is -0.346. The van der Waals surface area contributed by atoms with E-state index in [9.17, 15) is 4.79 Å². The Morgan fingerprint density at radius 2 is 2.20 bits per heavy atom. The number of hydrogen-bond donors (Lipinski definition) is 2. The number of carbonyl (C=O) groups is 1. The average molecular weight is 211 g/mol. The lowest BCUT2D eigenvalue weighted by molar-refractivity contribution is -0.123. The zero-order valence-electron chi connectivity index (χ0n) is 9.48. The molecule has 6 nitrogen and oxygen atoms in total. The van der Waals surface area contributed by atoms with Crippen LogP contribution in [0, 0.1) is 0 Å². The minimum absolute atomic E-state index is 0.0481. The maximum atomic E-state index is 11.6. The number of carbonyl (C=O) groups excluding carboxylic acids is 1. The van der Waals surface area contributed by atoms with Gasteiger partial charge in [0.1, 0.15) is 6.33 Å². The van der Waals surface area contributed by atoms with Gasteiger partial charge in [-0.15, -0.1) is 10.2 Å². The van der Waals surface area contributed by atoms with Crippen molar-refractivity contribution >= 4 is 5.91 Å². The molecule has 6 heteroatoms. The maximum Gasteiger partial charge on any atom is 0.237 e. The van der Waals surface area contributed by atoms with Crippen LogP contribution in [0.25, 0.3) is 0 Å². The van der Waals surface area contributed by atoms with Gasteiger partial charge in [0.2, 0.25) is 5.91 Å². The quantitative estimate of drug-likeness (QED) is 0.711. The zero-order chi connectivity index (χ0) is 11.4. The van der Waals surface area contributed by atoms with E-state index in [1.165, 1.54) is 0 Å². The van der Waals surface area contributed by atoms with Gasteiger partial charge in [-0.2, -0.15) is 0 Å². The second-order valence-electron chi connectivity index (χ2n) is 3.54. The van der Waals surface area contributed by atoms with Crippen molar-refractivity contribution in [2.45, 2.75) is 25.9 Å². The highest BCUT2D eigenvalue weighted by atomic mass is 16.2. The third kappa shape index (κ3) is 2.76. The van der Waals surface area contributed by atoms with Gasteiger partial charge in [-0.05, 0) is 20.9 Å². The number of amides is 1. The van der Waals surface area contributed by atoms with E-state index in [1.54, 1.807) is 24.9 Å². The largest absolute Gasteiger partial charge is 0.345 e. The molecule has 0 saturated heterocycles. The minimum Gasteiger partial charge on any atom is -0.345 e. The Kier molecular flexibility index (Phi) is 3.79. The van der Waals surface area contributed by atoms with Crippen molar-refractivity contribution in [3.05, 3.63) is 12.2 Å². The number of aryl methyl sites for hydroxylation is 1. The summed E-state index contributed by atoms with van der Waals surface area (Å²) in [4.78, 5) is 11.6. The fourth-order valence-electron chi connectivity index (χ4n) is 1.22. The lowest BCUT2D eigenvalue weighted by Gasteiger charge is -2.16. The molecule has 1 aromatic rings. The molecule has 0 aliphatic heterocycles. The summed E-state index contributed by atoms with van der Waals surface area (Å²) in [6.45, 7) is 3.68. The fraction of sp³-hybridized carbons (Fsp3) is 0.667. The molecule has 2 N–H and O–H groups in total. The maximum absolute atomic E-state index is 11.6. The van der Waals surface area contributed by atoms with Crippen LogP contribution in [-0.2, 0) is 11.8 Å². The summed E-state index contributed by atoms with van der Waals surface area (Å²) in [5.41, 5.74) is 0. The van der Waals surface area contributed by atoms with Gasteiger partial charge >= 0.3 is 0 Å². The monoisotopic (exact) mass is 211 g/mol. The van der Waals surface area contributed by atoms with Gasteiger partial charge < -0.3 is 15.2 Å². The Balaban J connectivity index is 2.60. The molecule has 0 saturated carbocycles. The first-order chi connectivity index (χ1) is 7.06. The fourth-order valence-corrected chi connectivity index (χ4v) is 1.22. The molecule has 1 aromatic heterocycles. The van der Waals surface area contributed by atoms with Crippen molar-refractivity contribution in [3.63, 3.8) is 0 Å². The van der Waals surface area contributed by atoms with Crippen LogP contribution in [0.1, 0.15) is 25.7 Å². The smallest absolute Gasteiger partial charge is 0.237 e. The lowest BCUT2D eigenvalue weighted by atomic mass is 10.2. The number of aromatic nitrogens is 3. The third-order valence-electron chi connectivity index (χ3n) is 2.32. The van der Waals surface area contributed by atoms with Gasteiger partial charge in [0, 0.05) is 7.05 Å². The van der Waals surface area contributed by atoms with Crippen molar-refractivity contribution in [2.75, 3.05) is 7.05 Å². The second-order valence-corrected chi connectivity index (χ2v) is 3.54. The Hall–Kier alpha value is -1.43. The molecule has 84 valence electrons. The molecule has 0 aliphatic carbocycles. The van der Waals surface area contributed by atoms with Gasteiger partial charge in [-0.1, -0.05) is 0 Å². The van der Waals surface area contributed by atoms with Crippen molar-refractivity contribution in [1.29, 1.82) is 0 Å². The molecule has 0 bridgehead atoms. The minimum atomic E-state index is -0.208. The van der Waals surface area contributed by atoms with Gasteiger partial charge in [0.25, 0.3) is 0 Å². The molecular formula is C9H17N5O. The summed E-state index contributed by atoms with van der Waals surface area (Å²) in [5, 5.41) is 13.4. The van der Waals surface area contributed by atoms with Gasteiger partial charge in [-0.3, -0.25) is 4.79 Å². The molecule has 0 spiro atoms. The number of hydrogen-bond acceptors (Lipinski definition) is 4. The summed E-state index contributed by atoms with van der Waals surface area (Å²) in [6.07, 6.45) is 1.61. The van der Waals surface area contributed by atoms with Crippen LogP contribution in [0.4, 0.5) is 0 Å². The van der Waals surface area contributed by atoms with Crippen molar-refractivity contribution in [3.8, 4) is 0 Å². The van der Waals surface area contributed by atoms with Crippen molar-refractivity contribution in [2.24, 2.45) is 7.05 Å². The van der Waals surface area contributed by atoms with E-state index >= 15 is 0 Å². The molecule has 2 unspecified atom stereocenters. The van der Waals surface area contributed by atoms with E-state index < -0.39 is 0 Å². The summed E-state index contributed by atoms with van der Waals surface area (Å²) >= 11 is 0. The van der Waals surface area contributed by atoms with Gasteiger partial charge in [0.05, 0.1) is 12.1 Å². The molecule has 1 amide bonds. The first-order valence-electron chi connectivity index (χ1n) is 4.87. The zero-order valence-corrected chi connectivity index (χ0v) is 9.48. The predicted octanol–water partition coefficient (Wildman–Crippen LogP) is -0.400. The number of nitrogens with zero attached hydrogens (tertiary/aromatic N) is 3. The van der Waals surface area contributed by atoms with Gasteiger partial charge in [0.15, 0.2) is 5.82 Å². The van der Waals surface area contributed by atoms with Crippen LogP contribution in [0.3, 0.4) is 0 Å². The van der Waals surface area contributed by atoms with Crippen molar-refractivity contribution < 1.29 is 4.79 Å². The topological polar surface area (TPSA) is 71.8 Å². The number of nitrogens with one attached hydrogen (secondary N) is 2. The first kappa shape index (κ1) is 11.6. The third-order valence-corrected chi connectivity index (χ3v) is 2.32. The first-order valence-corrected chi connectivity index (χ1v) is 4.87. The van der Waals surface area contributed by atoms with E-state index in [0.717, 1.165) is 5.82 Å². The molecule has 1 rings (SSSR count). The Morgan fingerprint density at radius 3 is 2.67 bits per heavy atom. The molecule has 0 aliphatic rings.